The number of carbonyl (C=O) groups is 1. The fourth-order valence-electron chi connectivity index (χ4n) is 4.34. The number of aryl methyl sites for hydroxylation is 2. The molecular weight excluding hydrogens is 518 g/mol. The van der Waals surface area contributed by atoms with Gasteiger partial charge in [-0.3, -0.25) is 4.40 Å². The second-order valence-electron chi connectivity index (χ2n) is 8.58. The van der Waals surface area contributed by atoms with Crippen LogP contribution in [0.5, 0.6) is 0 Å². The highest BCUT2D eigenvalue weighted by atomic mass is 79.9. The van der Waals surface area contributed by atoms with Crippen LogP contribution in [0.15, 0.2) is 41.3 Å². The van der Waals surface area contributed by atoms with Crippen LogP contribution >= 0.6 is 27.5 Å². The first-order valence-electron chi connectivity index (χ1n) is 11.2. The number of hydrogen-bond donors (Lipinski definition) is 0. The van der Waals surface area contributed by atoms with Gasteiger partial charge in [0, 0.05) is 23.2 Å². The van der Waals surface area contributed by atoms with E-state index in [0.717, 1.165) is 33.9 Å². The lowest BCUT2D eigenvalue weighted by Crippen LogP contribution is -2.18. The number of hydrogen-bond acceptors (Lipinski definition) is 5. The molecule has 0 N–H and O–H groups in total. The summed E-state index contributed by atoms with van der Waals surface area (Å²) in [5, 5.41) is 9.15. The van der Waals surface area contributed by atoms with Crippen molar-refractivity contribution in [3.05, 3.63) is 80.2 Å². The Bertz CT molecular complexity index is 1340. The number of carbonyl (C=O) groups excluding carboxylic acids is 1. The van der Waals surface area contributed by atoms with Gasteiger partial charge < -0.3 is 9.30 Å². The number of imidazole rings is 1. The van der Waals surface area contributed by atoms with E-state index in [4.69, 9.17) is 16.3 Å². The van der Waals surface area contributed by atoms with Gasteiger partial charge in [0.1, 0.15) is 5.82 Å². The summed E-state index contributed by atoms with van der Waals surface area (Å²) in [5.41, 5.74) is 5.13. The van der Waals surface area contributed by atoms with Gasteiger partial charge in [0.2, 0.25) is 0 Å². The topological polar surface area (TPSA) is 74.3 Å². The van der Waals surface area contributed by atoms with Crippen LogP contribution in [-0.4, -0.2) is 36.7 Å². The molecule has 4 aromatic rings. The van der Waals surface area contributed by atoms with E-state index >= 15 is 0 Å². The van der Waals surface area contributed by atoms with E-state index in [1.165, 1.54) is 0 Å². The first-order valence-corrected chi connectivity index (χ1v) is 12.4. The fourth-order valence-corrected chi connectivity index (χ4v) is 5.25. The normalized spacial score (nSPS) is 12.5. The highest BCUT2D eigenvalue weighted by Crippen LogP contribution is 2.36. The first kappa shape index (κ1) is 24.4. The van der Waals surface area contributed by atoms with Crippen molar-refractivity contribution in [1.82, 2.24) is 24.1 Å². The maximum Gasteiger partial charge on any atom is 0.358 e. The maximum atomic E-state index is 13.0. The summed E-state index contributed by atoms with van der Waals surface area (Å²) in [5.74, 6) is 0.217. The van der Waals surface area contributed by atoms with Crippen molar-refractivity contribution in [2.45, 2.75) is 53.0 Å². The third-order valence-electron chi connectivity index (χ3n) is 5.85. The largest absolute Gasteiger partial charge is 0.461 e. The van der Waals surface area contributed by atoms with Crippen LogP contribution in [0.2, 0.25) is 5.02 Å². The average Bonchev–Trinajstić information content (AvgIpc) is 3.33. The van der Waals surface area contributed by atoms with E-state index in [9.17, 15) is 4.79 Å². The molecule has 1 atom stereocenters. The van der Waals surface area contributed by atoms with Gasteiger partial charge in [0.25, 0.3) is 0 Å². The molecule has 7 nitrogen and oxygen atoms in total. The standard InChI is InChI=1S/C25H27BrClN5O2/c1-6-34-24(33)21-22(32(14(2)3)25(26)28-21)20(18-7-9-19(27)10-8-18)12-17-11-15(4)23-30-29-16(5)31(23)13-17/h7-11,13-14,20H,6,12H2,1-5H3. The summed E-state index contributed by atoms with van der Waals surface area (Å²) in [6, 6.07) is 9.95. The van der Waals surface area contributed by atoms with Crippen LogP contribution in [0.3, 0.4) is 0 Å². The van der Waals surface area contributed by atoms with Gasteiger partial charge >= 0.3 is 5.97 Å². The Morgan fingerprint density at radius 2 is 1.88 bits per heavy atom. The molecule has 9 heteroatoms. The van der Waals surface area contributed by atoms with Crippen molar-refractivity contribution in [1.29, 1.82) is 0 Å². The molecule has 4 rings (SSSR count). The molecule has 1 unspecified atom stereocenters. The minimum absolute atomic E-state index is 0.0687. The number of halogens is 2. The van der Waals surface area contributed by atoms with Crippen molar-refractivity contribution in [3.63, 3.8) is 0 Å². The molecule has 0 fully saturated rings. The van der Waals surface area contributed by atoms with Crippen LogP contribution in [0.1, 0.15) is 71.4 Å². The molecule has 1 aromatic carbocycles. The summed E-state index contributed by atoms with van der Waals surface area (Å²) >= 11 is 9.78. The Hall–Kier alpha value is -2.71. The number of benzene rings is 1. The average molecular weight is 545 g/mol. The van der Waals surface area contributed by atoms with E-state index in [2.05, 4.69) is 61.8 Å². The van der Waals surface area contributed by atoms with Gasteiger partial charge in [-0.2, -0.15) is 0 Å². The van der Waals surface area contributed by atoms with E-state index in [0.29, 0.717) is 21.9 Å². The van der Waals surface area contributed by atoms with Gasteiger partial charge in [-0.05, 0) is 85.8 Å². The molecule has 0 aliphatic carbocycles. The number of fused-ring (bicyclic) bond motifs is 1. The lowest BCUT2D eigenvalue weighted by molar-refractivity contribution is 0.0518. The van der Waals surface area contributed by atoms with Gasteiger partial charge in [-0.15, -0.1) is 10.2 Å². The molecule has 0 amide bonds. The highest BCUT2D eigenvalue weighted by Gasteiger charge is 2.31. The quantitative estimate of drug-likeness (QED) is 0.263. The Morgan fingerprint density at radius 1 is 1.18 bits per heavy atom. The Balaban J connectivity index is 1.93. The molecule has 0 spiro atoms. The van der Waals surface area contributed by atoms with Crippen molar-refractivity contribution in [2.75, 3.05) is 6.61 Å². The summed E-state index contributed by atoms with van der Waals surface area (Å²) in [6.07, 6.45) is 2.70. The second kappa shape index (κ2) is 9.88. The molecule has 0 radical (unpaired) electrons. The number of esters is 1. The summed E-state index contributed by atoms with van der Waals surface area (Å²) in [7, 11) is 0. The lowest BCUT2D eigenvalue weighted by atomic mass is 9.88. The SMILES string of the molecule is CCOC(=O)c1nc(Br)n(C(C)C)c1C(Cc1cc(C)c2nnc(C)n2c1)c1ccc(Cl)cc1. The molecule has 0 bridgehead atoms. The van der Waals surface area contributed by atoms with Gasteiger partial charge in [-0.25, -0.2) is 9.78 Å². The zero-order valence-electron chi connectivity index (χ0n) is 19.8. The number of rotatable bonds is 7. The van der Waals surface area contributed by atoms with Gasteiger partial charge in [0.15, 0.2) is 16.1 Å². The first-order chi connectivity index (χ1) is 16.2. The maximum absolute atomic E-state index is 13.0. The lowest BCUT2D eigenvalue weighted by Gasteiger charge is -2.23. The minimum Gasteiger partial charge on any atom is -0.461 e. The summed E-state index contributed by atoms with van der Waals surface area (Å²) in [6.45, 7) is 10.2. The molecule has 0 saturated heterocycles. The third-order valence-corrected chi connectivity index (χ3v) is 6.66. The highest BCUT2D eigenvalue weighted by molar-refractivity contribution is 9.10. The van der Waals surface area contributed by atoms with E-state index in [1.54, 1.807) is 6.92 Å². The predicted octanol–water partition coefficient (Wildman–Crippen LogP) is 6.09. The summed E-state index contributed by atoms with van der Waals surface area (Å²) < 4.78 is 10.0. The van der Waals surface area contributed by atoms with Crippen LogP contribution in [-0.2, 0) is 11.2 Å². The van der Waals surface area contributed by atoms with Crippen LogP contribution in [0, 0.1) is 13.8 Å². The molecule has 3 heterocycles. The monoisotopic (exact) mass is 543 g/mol. The number of ether oxygens (including phenoxy) is 1. The predicted molar refractivity (Wildman–Crippen MR) is 136 cm³/mol. The molecule has 178 valence electrons. The van der Waals surface area contributed by atoms with Crippen molar-refractivity contribution in [2.24, 2.45) is 0 Å². The summed E-state index contributed by atoms with van der Waals surface area (Å²) in [4.78, 5) is 17.6. The van der Waals surface area contributed by atoms with E-state index < -0.39 is 5.97 Å². The van der Waals surface area contributed by atoms with Gasteiger partial charge in [0.05, 0.1) is 12.3 Å². The Kier molecular flexibility index (Phi) is 7.09. The zero-order chi connectivity index (χ0) is 24.6. The zero-order valence-corrected chi connectivity index (χ0v) is 22.2. The van der Waals surface area contributed by atoms with E-state index in [1.807, 2.05) is 42.5 Å². The minimum atomic E-state index is -0.433. The number of pyridine rings is 1. The molecule has 0 aliphatic rings. The van der Waals surface area contributed by atoms with E-state index in [-0.39, 0.29) is 18.6 Å². The van der Waals surface area contributed by atoms with Crippen molar-refractivity contribution in [3.8, 4) is 0 Å². The van der Waals surface area contributed by atoms with Crippen LogP contribution in [0.25, 0.3) is 5.65 Å². The molecule has 34 heavy (non-hydrogen) atoms. The third kappa shape index (κ3) is 4.61. The molecular formula is C25H27BrClN5O2. The van der Waals surface area contributed by atoms with Gasteiger partial charge in [-0.1, -0.05) is 29.8 Å². The molecule has 0 saturated carbocycles. The number of nitrogens with zero attached hydrogens (tertiary/aromatic N) is 5. The molecule has 0 aliphatic heterocycles. The van der Waals surface area contributed by atoms with Crippen molar-refractivity contribution < 1.29 is 9.53 Å². The Morgan fingerprint density at radius 3 is 2.53 bits per heavy atom. The fraction of sp³-hybridized carbons (Fsp3) is 0.360. The van der Waals surface area contributed by atoms with Crippen LogP contribution in [0.4, 0.5) is 0 Å². The smallest absolute Gasteiger partial charge is 0.358 e. The second-order valence-corrected chi connectivity index (χ2v) is 9.73. The van der Waals surface area contributed by atoms with Crippen LogP contribution < -0.4 is 0 Å². The molecule has 3 aromatic heterocycles. The number of aromatic nitrogens is 5. The van der Waals surface area contributed by atoms with Crippen molar-refractivity contribution >= 4 is 39.1 Å². The Labute approximate surface area is 212 Å².